The molecule has 0 radical (unpaired) electrons. The molecule has 24 heavy (non-hydrogen) atoms. The molecular weight excluding hydrogens is 304 g/mol. The minimum Gasteiger partial charge on any atom is -0.493 e. The molecule has 0 amide bonds. The maximum atomic E-state index is 12.8. The second kappa shape index (κ2) is 8.39. The van der Waals surface area contributed by atoms with Crippen molar-refractivity contribution in [1.29, 1.82) is 0 Å². The summed E-state index contributed by atoms with van der Waals surface area (Å²) in [4.78, 5) is 12.8. The summed E-state index contributed by atoms with van der Waals surface area (Å²) in [5.41, 5.74) is 2.40. The zero-order valence-electron chi connectivity index (χ0n) is 14.7. The Morgan fingerprint density at radius 3 is 1.92 bits per heavy atom. The van der Waals surface area contributed by atoms with E-state index in [1.54, 1.807) is 12.1 Å². The largest absolute Gasteiger partial charge is 0.493 e. The molecule has 0 fully saturated rings. The zero-order chi connectivity index (χ0) is 17.5. The number of aryl methyl sites for hydroxylation is 1. The average molecular weight is 328 g/mol. The number of carbonyl (C=O) groups is 1. The Labute approximate surface area is 143 Å². The van der Waals surface area contributed by atoms with Crippen LogP contribution in [0.3, 0.4) is 0 Å². The van der Waals surface area contributed by atoms with Crippen LogP contribution in [0, 0.1) is 0 Å². The molecule has 0 aromatic heterocycles. The second-order valence-electron chi connectivity index (χ2n) is 5.54. The predicted molar refractivity (Wildman–Crippen MR) is 94.6 cm³/mol. The molecule has 0 aliphatic carbocycles. The van der Waals surface area contributed by atoms with Crippen molar-refractivity contribution >= 4 is 5.78 Å². The summed E-state index contributed by atoms with van der Waals surface area (Å²) < 4.78 is 15.9. The molecule has 2 rings (SSSR count). The third-order valence-corrected chi connectivity index (χ3v) is 3.96. The molecule has 0 saturated heterocycles. The van der Waals surface area contributed by atoms with Gasteiger partial charge in [-0.1, -0.05) is 37.6 Å². The lowest BCUT2D eigenvalue weighted by Gasteiger charge is -2.13. The Bertz CT molecular complexity index is 664. The van der Waals surface area contributed by atoms with E-state index in [2.05, 4.69) is 6.92 Å². The van der Waals surface area contributed by atoms with Crippen LogP contribution in [-0.4, -0.2) is 27.1 Å². The third-order valence-electron chi connectivity index (χ3n) is 3.96. The first-order chi connectivity index (χ1) is 11.6. The van der Waals surface area contributed by atoms with Crippen LogP contribution >= 0.6 is 0 Å². The molecule has 0 unspecified atom stereocenters. The van der Waals surface area contributed by atoms with Crippen LogP contribution in [-0.2, 0) is 6.42 Å². The van der Waals surface area contributed by atoms with E-state index >= 15 is 0 Å². The van der Waals surface area contributed by atoms with Crippen LogP contribution in [0.2, 0.25) is 0 Å². The number of hydrogen-bond acceptors (Lipinski definition) is 4. The molecule has 2 aromatic carbocycles. The van der Waals surface area contributed by atoms with Gasteiger partial charge >= 0.3 is 0 Å². The van der Waals surface area contributed by atoms with Crippen LogP contribution in [0.4, 0.5) is 0 Å². The van der Waals surface area contributed by atoms with E-state index in [1.807, 2.05) is 24.3 Å². The molecule has 0 spiro atoms. The lowest BCUT2D eigenvalue weighted by atomic mass is 10.00. The SMILES string of the molecule is CCCCc1ccc(C(=O)c2cc(OC)c(OC)c(OC)c2)cc1. The van der Waals surface area contributed by atoms with Crippen molar-refractivity contribution in [1.82, 2.24) is 0 Å². The van der Waals surface area contributed by atoms with Gasteiger partial charge in [0, 0.05) is 11.1 Å². The molecule has 2 aromatic rings. The van der Waals surface area contributed by atoms with E-state index < -0.39 is 0 Å². The molecule has 4 heteroatoms. The molecule has 128 valence electrons. The number of unbranched alkanes of at least 4 members (excludes halogenated alkanes) is 1. The fourth-order valence-electron chi connectivity index (χ4n) is 2.58. The van der Waals surface area contributed by atoms with Crippen molar-refractivity contribution in [3.05, 3.63) is 53.1 Å². The highest BCUT2D eigenvalue weighted by Gasteiger charge is 2.18. The number of carbonyl (C=O) groups excluding carboxylic acids is 1. The van der Waals surface area contributed by atoms with Gasteiger partial charge < -0.3 is 14.2 Å². The molecule has 0 heterocycles. The summed E-state index contributed by atoms with van der Waals surface area (Å²) in [5, 5.41) is 0. The van der Waals surface area contributed by atoms with E-state index in [-0.39, 0.29) is 5.78 Å². The summed E-state index contributed by atoms with van der Waals surface area (Å²) in [6.07, 6.45) is 3.35. The number of benzene rings is 2. The van der Waals surface area contributed by atoms with Gasteiger partial charge in [0.15, 0.2) is 17.3 Å². The molecule has 0 saturated carbocycles. The molecular formula is C20H24O4. The van der Waals surface area contributed by atoms with Gasteiger partial charge in [0.25, 0.3) is 0 Å². The normalized spacial score (nSPS) is 10.3. The fourth-order valence-corrected chi connectivity index (χ4v) is 2.58. The fraction of sp³-hybridized carbons (Fsp3) is 0.350. The Morgan fingerprint density at radius 1 is 0.875 bits per heavy atom. The summed E-state index contributed by atoms with van der Waals surface area (Å²) in [5.74, 6) is 1.35. The maximum absolute atomic E-state index is 12.8. The molecule has 0 aliphatic rings. The van der Waals surface area contributed by atoms with Gasteiger partial charge in [0.2, 0.25) is 5.75 Å². The number of methoxy groups -OCH3 is 3. The number of rotatable bonds is 8. The van der Waals surface area contributed by atoms with Gasteiger partial charge in [-0.2, -0.15) is 0 Å². The Balaban J connectivity index is 2.32. The second-order valence-corrected chi connectivity index (χ2v) is 5.54. The van der Waals surface area contributed by atoms with Crippen LogP contribution in [0.5, 0.6) is 17.2 Å². The minimum absolute atomic E-state index is 0.0729. The Hall–Kier alpha value is -2.49. The predicted octanol–water partition coefficient (Wildman–Crippen LogP) is 4.29. The molecule has 0 aliphatic heterocycles. The maximum Gasteiger partial charge on any atom is 0.203 e. The lowest BCUT2D eigenvalue weighted by Crippen LogP contribution is -2.04. The van der Waals surface area contributed by atoms with Crippen molar-refractivity contribution in [3.63, 3.8) is 0 Å². The quantitative estimate of drug-likeness (QED) is 0.678. The summed E-state index contributed by atoms with van der Waals surface area (Å²) in [6, 6.07) is 11.1. The van der Waals surface area contributed by atoms with Crippen molar-refractivity contribution < 1.29 is 19.0 Å². The van der Waals surface area contributed by atoms with E-state index in [9.17, 15) is 4.79 Å². The van der Waals surface area contributed by atoms with E-state index in [0.717, 1.165) is 19.3 Å². The lowest BCUT2D eigenvalue weighted by molar-refractivity contribution is 0.103. The highest BCUT2D eigenvalue weighted by molar-refractivity contribution is 6.09. The number of hydrogen-bond donors (Lipinski definition) is 0. The van der Waals surface area contributed by atoms with Crippen molar-refractivity contribution in [2.24, 2.45) is 0 Å². The molecule has 4 nitrogen and oxygen atoms in total. The summed E-state index contributed by atoms with van der Waals surface area (Å²) in [6.45, 7) is 2.17. The number of ketones is 1. The Kier molecular flexibility index (Phi) is 6.24. The van der Waals surface area contributed by atoms with Crippen molar-refractivity contribution in [3.8, 4) is 17.2 Å². The van der Waals surface area contributed by atoms with Gasteiger partial charge in [-0.05, 0) is 30.5 Å². The third kappa shape index (κ3) is 3.88. The smallest absolute Gasteiger partial charge is 0.203 e. The van der Waals surface area contributed by atoms with Crippen LogP contribution in [0.15, 0.2) is 36.4 Å². The minimum atomic E-state index is -0.0729. The van der Waals surface area contributed by atoms with Gasteiger partial charge in [0.05, 0.1) is 21.3 Å². The van der Waals surface area contributed by atoms with E-state index in [4.69, 9.17) is 14.2 Å². The number of ether oxygens (including phenoxy) is 3. The average Bonchev–Trinajstić information content (AvgIpc) is 2.64. The topological polar surface area (TPSA) is 44.8 Å². The van der Waals surface area contributed by atoms with Crippen molar-refractivity contribution in [2.45, 2.75) is 26.2 Å². The standard InChI is InChI=1S/C20H24O4/c1-5-6-7-14-8-10-15(11-9-14)19(21)16-12-17(22-2)20(24-4)18(13-16)23-3/h8-13H,5-7H2,1-4H3. The first-order valence-electron chi connectivity index (χ1n) is 8.08. The van der Waals surface area contributed by atoms with Crippen molar-refractivity contribution in [2.75, 3.05) is 21.3 Å². The van der Waals surface area contributed by atoms with E-state index in [0.29, 0.717) is 28.4 Å². The summed E-state index contributed by atoms with van der Waals surface area (Å²) >= 11 is 0. The van der Waals surface area contributed by atoms with E-state index in [1.165, 1.54) is 26.9 Å². The zero-order valence-corrected chi connectivity index (χ0v) is 14.7. The van der Waals surface area contributed by atoms with Crippen LogP contribution < -0.4 is 14.2 Å². The van der Waals surface area contributed by atoms with Crippen LogP contribution in [0.25, 0.3) is 0 Å². The van der Waals surface area contributed by atoms with Gasteiger partial charge in [-0.15, -0.1) is 0 Å². The van der Waals surface area contributed by atoms with Crippen LogP contribution in [0.1, 0.15) is 41.3 Å². The van der Waals surface area contributed by atoms with Gasteiger partial charge in [-0.25, -0.2) is 0 Å². The molecule has 0 N–H and O–H groups in total. The van der Waals surface area contributed by atoms with Gasteiger partial charge in [-0.3, -0.25) is 4.79 Å². The molecule has 0 atom stereocenters. The highest BCUT2D eigenvalue weighted by Crippen LogP contribution is 2.38. The Morgan fingerprint density at radius 2 is 1.46 bits per heavy atom. The highest BCUT2D eigenvalue weighted by atomic mass is 16.5. The monoisotopic (exact) mass is 328 g/mol. The first kappa shape index (κ1) is 17.9. The summed E-state index contributed by atoms with van der Waals surface area (Å²) in [7, 11) is 4.61. The molecule has 0 bridgehead atoms. The van der Waals surface area contributed by atoms with Gasteiger partial charge in [0.1, 0.15) is 0 Å². The first-order valence-corrected chi connectivity index (χ1v) is 8.08.